The number of carbonyl (C=O) groups is 4. The summed E-state index contributed by atoms with van der Waals surface area (Å²) in [6, 6.07) is 4.77. The summed E-state index contributed by atoms with van der Waals surface area (Å²) in [5.74, 6) is 2.34. The summed E-state index contributed by atoms with van der Waals surface area (Å²) < 4.78 is 5.46. The highest BCUT2D eigenvalue weighted by Crippen LogP contribution is 2.34. The van der Waals surface area contributed by atoms with E-state index < -0.39 is 0 Å². The molecule has 9 nitrogen and oxygen atoms in total. The Morgan fingerprint density at radius 2 is 1.57 bits per heavy atom. The number of amides is 4. The van der Waals surface area contributed by atoms with Crippen molar-refractivity contribution in [1.82, 2.24) is 15.1 Å². The number of piperidine rings is 2. The SMILES string of the molecule is CNC(=O)N(CCC=O)c1cc(C(=O)N2CCC(CC3CCN(C(=O)C4CCCCC4)CC3)CC2)ccc1OC. The van der Waals surface area contributed by atoms with Crippen molar-refractivity contribution in [3.63, 3.8) is 0 Å². The van der Waals surface area contributed by atoms with Gasteiger partial charge in [0.1, 0.15) is 12.0 Å². The van der Waals surface area contributed by atoms with Gasteiger partial charge in [0.15, 0.2) is 0 Å². The molecule has 0 unspecified atom stereocenters. The number of likely N-dealkylation sites (tertiary alicyclic amines) is 2. The molecule has 0 radical (unpaired) electrons. The lowest BCUT2D eigenvalue weighted by molar-refractivity contribution is -0.138. The van der Waals surface area contributed by atoms with Gasteiger partial charge in [0.25, 0.3) is 5.91 Å². The minimum absolute atomic E-state index is 0.0517. The van der Waals surface area contributed by atoms with Crippen molar-refractivity contribution in [2.24, 2.45) is 17.8 Å². The fourth-order valence-electron chi connectivity index (χ4n) is 6.70. The Labute approximate surface area is 238 Å². The number of rotatable bonds is 9. The summed E-state index contributed by atoms with van der Waals surface area (Å²) in [5.41, 5.74) is 0.974. The van der Waals surface area contributed by atoms with Crippen LogP contribution in [0.2, 0.25) is 0 Å². The molecule has 1 N–H and O–H groups in total. The average Bonchev–Trinajstić information content (AvgIpc) is 3.01. The second-order valence-electron chi connectivity index (χ2n) is 11.6. The standard InChI is InChI=1S/C31H46N4O5/c1-32-31(39)35(15-6-20-36)27-22-26(9-10-28(27)40-2)30(38)34-18-13-24(14-19-34)21-23-11-16-33(17-12-23)29(37)25-7-4-3-5-8-25/h9-10,20,22-25H,3-8,11-19,21H2,1-2H3,(H,32,39). The monoisotopic (exact) mass is 554 g/mol. The maximum atomic E-state index is 13.4. The summed E-state index contributed by atoms with van der Waals surface area (Å²) in [6.07, 6.45) is 12.1. The Bertz CT molecular complexity index is 1020. The van der Waals surface area contributed by atoms with Crippen LogP contribution in [0.15, 0.2) is 18.2 Å². The van der Waals surface area contributed by atoms with Gasteiger partial charge in [-0.2, -0.15) is 0 Å². The van der Waals surface area contributed by atoms with Gasteiger partial charge in [-0.15, -0.1) is 0 Å². The molecule has 0 aromatic heterocycles. The fraction of sp³-hybridized carbons (Fsp3) is 0.677. The van der Waals surface area contributed by atoms with E-state index in [4.69, 9.17) is 4.74 Å². The van der Waals surface area contributed by atoms with Crippen molar-refractivity contribution >= 4 is 29.8 Å². The molecule has 2 aliphatic heterocycles. The van der Waals surface area contributed by atoms with Crippen LogP contribution in [0.1, 0.15) is 81.0 Å². The summed E-state index contributed by atoms with van der Waals surface area (Å²) in [6.45, 7) is 3.42. The van der Waals surface area contributed by atoms with Crippen LogP contribution in [-0.4, -0.2) is 80.8 Å². The molecule has 4 rings (SSSR count). The number of urea groups is 1. The van der Waals surface area contributed by atoms with Crippen LogP contribution in [0.5, 0.6) is 5.75 Å². The molecule has 3 aliphatic rings. The zero-order valence-electron chi connectivity index (χ0n) is 24.2. The Balaban J connectivity index is 1.28. The molecule has 2 saturated heterocycles. The first-order chi connectivity index (χ1) is 19.4. The second kappa shape index (κ2) is 14.5. The number of hydrogen-bond acceptors (Lipinski definition) is 5. The number of ether oxygens (including phenoxy) is 1. The van der Waals surface area contributed by atoms with E-state index in [1.165, 1.54) is 44.7 Å². The maximum Gasteiger partial charge on any atom is 0.321 e. The summed E-state index contributed by atoms with van der Waals surface area (Å²) in [4.78, 5) is 55.3. The van der Waals surface area contributed by atoms with Crippen molar-refractivity contribution in [2.75, 3.05) is 51.8 Å². The van der Waals surface area contributed by atoms with Gasteiger partial charge in [-0.1, -0.05) is 19.3 Å². The van der Waals surface area contributed by atoms with Gasteiger partial charge in [-0.25, -0.2) is 4.79 Å². The van der Waals surface area contributed by atoms with Crippen LogP contribution in [-0.2, 0) is 9.59 Å². The number of aldehydes is 1. The van der Waals surface area contributed by atoms with Crippen LogP contribution in [0.4, 0.5) is 10.5 Å². The van der Waals surface area contributed by atoms with Gasteiger partial charge >= 0.3 is 6.03 Å². The Kier molecular flexibility index (Phi) is 10.8. The molecule has 0 atom stereocenters. The Hall–Kier alpha value is -3.10. The molecule has 2 heterocycles. The molecule has 220 valence electrons. The van der Waals surface area contributed by atoms with Crippen LogP contribution in [0.25, 0.3) is 0 Å². The van der Waals surface area contributed by atoms with Gasteiger partial charge in [0.2, 0.25) is 5.91 Å². The smallest absolute Gasteiger partial charge is 0.321 e. The molecular weight excluding hydrogens is 508 g/mol. The van der Waals surface area contributed by atoms with Crippen LogP contribution >= 0.6 is 0 Å². The molecule has 3 fully saturated rings. The maximum absolute atomic E-state index is 13.4. The number of nitrogens with one attached hydrogen (secondary N) is 1. The molecular formula is C31H46N4O5. The predicted octanol–water partition coefficient (Wildman–Crippen LogP) is 4.49. The van der Waals surface area contributed by atoms with E-state index in [0.717, 1.165) is 57.9 Å². The van der Waals surface area contributed by atoms with Gasteiger partial charge < -0.3 is 24.6 Å². The van der Waals surface area contributed by atoms with Crippen LogP contribution in [0, 0.1) is 17.8 Å². The van der Waals surface area contributed by atoms with Crippen molar-refractivity contribution in [3.05, 3.63) is 23.8 Å². The predicted molar refractivity (Wildman–Crippen MR) is 155 cm³/mol. The zero-order chi connectivity index (χ0) is 28.5. The van der Waals surface area contributed by atoms with Crippen molar-refractivity contribution in [1.29, 1.82) is 0 Å². The third-order valence-corrected chi connectivity index (χ3v) is 9.10. The van der Waals surface area contributed by atoms with E-state index in [2.05, 4.69) is 10.2 Å². The van der Waals surface area contributed by atoms with Gasteiger partial charge in [0, 0.05) is 57.7 Å². The molecule has 40 heavy (non-hydrogen) atoms. The van der Waals surface area contributed by atoms with Gasteiger partial charge in [-0.05, 0) is 75.0 Å². The van der Waals surface area contributed by atoms with E-state index in [1.807, 2.05) is 4.90 Å². The highest BCUT2D eigenvalue weighted by molar-refractivity contribution is 5.99. The highest BCUT2D eigenvalue weighted by Gasteiger charge is 2.31. The largest absolute Gasteiger partial charge is 0.495 e. The van der Waals surface area contributed by atoms with E-state index >= 15 is 0 Å². The van der Waals surface area contributed by atoms with Crippen LogP contribution in [0.3, 0.4) is 0 Å². The Morgan fingerprint density at radius 3 is 2.15 bits per heavy atom. The lowest BCUT2D eigenvalue weighted by atomic mass is 9.82. The Morgan fingerprint density at radius 1 is 0.950 bits per heavy atom. The summed E-state index contributed by atoms with van der Waals surface area (Å²) in [5, 5.41) is 2.60. The topological polar surface area (TPSA) is 99.3 Å². The van der Waals surface area contributed by atoms with Gasteiger partial charge in [0.05, 0.1) is 12.8 Å². The van der Waals surface area contributed by atoms with E-state index in [1.54, 1.807) is 18.2 Å². The molecule has 1 aromatic carbocycles. The lowest BCUT2D eigenvalue weighted by Crippen LogP contribution is -2.43. The normalized spacial score (nSPS) is 19.2. The quantitative estimate of drug-likeness (QED) is 0.454. The first kappa shape index (κ1) is 29.9. The number of anilines is 1. The minimum atomic E-state index is -0.366. The number of nitrogens with zero attached hydrogens (tertiary/aromatic N) is 3. The molecule has 0 bridgehead atoms. The molecule has 1 aliphatic carbocycles. The van der Waals surface area contributed by atoms with E-state index in [-0.39, 0.29) is 30.8 Å². The highest BCUT2D eigenvalue weighted by atomic mass is 16.5. The van der Waals surface area contributed by atoms with E-state index in [0.29, 0.717) is 47.8 Å². The lowest BCUT2D eigenvalue weighted by Gasteiger charge is -2.38. The first-order valence-corrected chi connectivity index (χ1v) is 15.1. The van der Waals surface area contributed by atoms with Crippen LogP contribution < -0.4 is 15.0 Å². The third kappa shape index (κ3) is 7.34. The van der Waals surface area contributed by atoms with Crippen molar-refractivity contribution in [3.8, 4) is 5.75 Å². The summed E-state index contributed by atoms with van der Waals surface area (Å²) in [7, 11) is 3.05. The number of methoxy groups -OCH3 is 1. The minimum Gasteiger partial charge on any atom is -0.495 e. The average molecular weight is 555 g/mol. The number of hydrogen-bond donors (Lipinski definition) is 1. The molecule has 1 aromatic rings. The molecule has 1 saturated carbocycles. The number of carbonyl (C=O) groups excluding carboxylic acids is 4. The molecule has 9 heteroatoms. The second-order valence-corrected chi connectivity index (χ2v) is 11.6. The fourth-order valence-corrected chi connectivity index (χ4v) is 6.70. The zero-order valence-corrected chi connectivity index (χ0v) is 24.2. The van der Waals surface area contributed by atoms with Crippen molar-refractivity contribution < 1.29 is 23.9 Å². The van der Waals surface area contributed by atoms with Crippen molar-refractivity contribution in [2.45, 2.75) is 70.6 Å². The molecule has 4 amide bonds. The van der Waals surface area contributed by atoms with Gasteiger partial charge in [-0.3, -0.25) is 14.5 Å². The first-order valence-electron chi connectivity index (χ1n) is 15.1. The summed E-state index contributed by atoms with van der Waals surface area (Å²) >= 11 is 0. The van der Waals surface area contributed by atoms with E-state index in [9.17, 15) is 19.2 Å². The molecule has 0 spiro atoms. The number of benzene rings is 1. The third-order valence-electron chi connectivity index (χ3n) is 9.10.